The monoisotopic (exact) mass is 434 g/mol. The molecule has 0 unspecified atom stereocenters. The average molecular weight is 434 g/mol. The van der Waals surface area contributed by atoms with Crippen molar-refractivity contribution in [2.75, 3.05) is 33.3 Å². The number of methoxy groups -OCH3 is 4. The number of benzene rings is 2. The Balaban J connectivity index is 1.88. The Hall–Kier alpha value is -4.07. The SMILES string of the molecule is COc1cc(Cc2nccc3cc(OC)c(OC)cc23)c(N2C(=O)C=CC2=O)cc1OC. The molecule has 0 fully saturated rings. The molecule has 0 spiro atoms. The van der Waals surface area contributed by atoms with E-state index in [0.29, 0.717) is 40.7 Å². The predicted molar refractivity (Wildman–Crippen MR) is 119 cm³/mol. The zero-order chi connectivity index (χ0) is 22.8. The van der Waals surface area contributed by atoms with Crippen LogP contribution in [-0.4, -0.2) is 45.2 Å². The number of nitrogens with zero attached hydrogens (tertiary/aromatic N) is 2. The van der Waals surface area contributed by atoms with Gasteiger partial charge < -0.3 is 18.9 Å². The lowest BCUT2D eigenvalue weighted by Gasteiger charge is -2.21. The normalized spacial score (nSPS) is 13.1. The number of amides is 2. The van der Waals surface area contributed by atoms with Gasteiger partial charge in [0.15, 0.2) is 23.0 Å². The van der Waals surface area contributed by atoms with Crippen LogP contribution in [0.25, 0.3) is 10.8 Å². The third-order valence-corrected chi connectivity index (χ3v) is 5.34. The van der Waals surface area contributed by atoms with Gasteiger partial charge in [-0.3, -0.25) is 14.6 Å². The quantitative estimate of drug-likeness (QED) is 0.528. The fraction of sp³-hybridized carbons (Fsp3) is 0.208. The third kappa shape index (κ3) is 3.60. The maximum Gasteiger partial charge on any atom is 0.258 e. The number of pyridine rings is 1. The topological polar surface area (TPSA) is 87.2 Å². The second kappa shape index (κ2) is 8.58. The summed E-state index contributed by atoms with van der Waals surface area (Å²) in [6, 6.07) is 9.02. The van der Waals surface area contributed by atoms with Gasteiger partial charge in [0.05, 0.1) is 39.8 Å². The fourth-order valence-corrected chi connectivity index (χ4v) is 3.78. The molecule has 4 rings (SSSR count). The molecule has 0 N–H and O–H groups in total. The summed E-state index contributed by atoms with van der Waals surface area (Å²) in [5.74, 6) is 1.26. The summed E-state index contributed by atoms with van der Waals surface area (Å²) < 4.78 is 21.7. The van der Waals surface area contributed by atoms with E-state index in [2.05, 4.69) is 4.98 Å². The first-order valence-corrected chi connectivity index (χ1v) is 9.81. The molecule has 1 aliphatic heterocycles. The second-order valence-corrected chi connectivity index (χ2v) is 7.04. The van der Waals surface area contributed by atoms with Gasteiger partial charge in [0.1, 0.15) is 0 Å². The zero-order valence-electron chi connectivity index (χ0n) is 18.2. The van der Waals surface area contributed by atoms with Crippen LogP contribution in [0, 0.1) is 0 Å². The van der Waals surface area contributed by atoms with Crippen molar-refractivity contribution in [3.8, 4) is 23.0 Å². The number of aromatic nitrogens is 1. The van der Waals surface area contributed by atoms with Crippen LogP contribution in [0.15, 0.2) is 48.7 Å². The molecular formula is C24H22N2O6. The van der Waals surface area contributed by atoms with Crippen LogP contribution in [0.3, 0.4) is 0 Å². The van der Waals surface area contributed by atoms with E-state index in [-0.39, 0.29) is 0 Å². The highest BCUT2D eigenvalue weighted by Gasteiger charge is 2.29. The molecule has 3 aromatic rings. The number of fused-ring (bicyclic) bond motifs is 1. The van der Waals surface area contributed by atoms with Crippen molar-refractivity contribution in [3.63, 3.8) is 0 Å². The summed E-state index contributed by atoms with van der Waals surface area (Å²) in [4.78, 5) is 30.5. The number of hydrogen-bond acceptors (Lipinski definition) is 7. The molecule has 0 aliphatic carbocycles. The van der Waals surface area contributed by atoms with E-state index in [1.54, 1.807) is 32.5 Å². The van der Waals surface area contributed by atoms with E-state index in [9.17, 15) is 9.59 Å². The Bertz CT molecular complexity index is 1230. The Morgan fingerprint density at radius 2 is 1.34 bits per heavy atom. The van der Waals surface area contributed by atoms with Gasteiger partial charge in [-0.2, -0.15) is 0 Å². The molecule has 1 aromatic heterocycles. The molecular weight excluding hydrogens is 412 g/mol. The first-order chi connectivity index (χ1) is 15.5. The van der Waals surface area contributed by atoms with Crippen molar-refractivity contribution in [2.45, 2.75) is 6.42 Å². The average Bonchev–Trinajstić information content (AvgIpc) is 3.15. The lowest BCUT2D eigenvalue weighted by atomic mass is 10.0. The Morgan fingerprint density at radius 3 is 1.97 bits per heavy atom. The van der Waals surface area contributed by atoms with Gasteiger partial charge in [0, 0.05) is 36.2 Å². The summed E-state index contributed by atoms with van der Waals surface area (Å²) in [7, 11) is 6.19. The number of hydrogen-bond donors (Lipinski definition) is 0. The summed E-state index contributed by atoms with van der Waals surface area (Å²) in [6.45, 7) is 0. The highest BCUT2D eigenvalue weighted by atomic mass is 16.5. The molecule has 32 heavy (non-hydrogen) atoms. The van der Waals surface area contributed by atoms with Crippen LogP contribution < -0.4 is 23.8 Å². The molecule has 0 radical (unpaired) electrons. The van der Waals surface area contributed by atoms with Crippen LogP contribution in [0.1, 0.15) is 11.3 Å². The minimum absolute atomic E-state index is 0.333. The first kappa shape index (κ1) is 21.2. The van der Waals surface area contributed by atoms with Gasteiger partial charge in [-0.1, -0.05) is 0 Å². The van der Waals surface area contributed by atoms with Crippen molar-refractivity contribution >= 4 is 28.3 Å². The van der Waals surface area contributed by atoms with Gasteiger partial charge in [-0.05, 0) is 35.2 Å². The smallest absolute Gasteiger partial charge is 0.258 e. The lowest BCUT2D eigenvalue weighted by Crippen LogP contribution is -2.30. The van der Waals surface area contributed by atoms with Crippen LogP contribution in [0.5, 0.6) is 23.0 Å². The molecule has 2 amide bonds. The lowest BCUT2D eigenvalue weighted by molar-refractivity contribution is -0.120. The Morgan fingerprint density at radius 1 is 0.781 bits per heavy atom. The summed E-state index contributed by atoms with van der Waals surface area (Å²) in [5, 5.41) is 1.78. The van der Waals surface area contributed by atoms with Gasteiger partial charge in [0.2, 0.25) is 0 Å². The molecule has 0 bridgehead atoms. The molecule has 0 atom stereocenters. The molecule has 2 heterocycles. The standard InChI is InChI=1S/C24H22N2O6/c1-29-19-10-14-7-8-25-17(16(14)12-21(19)31-3)9-15-11-20(30-2)22(32-4)13-18(15)26-23(27)5-6-24(26)28/h5-8,10-13H,9H2,1-4H3. The van der Waals surface area contributed by atoms with Crippen molar-refractivity contribution in [1.29, 1.82) is 0 Å². The minimum atomic E-state index is -0.416. The molecule has 164 valence electrons. The maximum atomic E-state index is 12.4. The van der Waals surface area contributed by atoms with Crippen molar-refractivity contribution in [3.05, 3.63) is 59.9 Å². The van der Waals surface area contributed by atoms with Gasteiger partial charge >= 0.3 is 0 Å². The van der Waals surface area contributed by atoms with E-state index in [1.807, 2.05) is 18.2 Å². The molecule has 8 heteroatoms. The summed E-state index contributed by atoms with van der Waals surface area (Å²) in [6.07, 6.45) is 4.53. The van der Waals surface area contributed by atoms with Gasteiger partial charge in [0.25, 0.3) is 11.8 Å². The van der Waals surface area contributed by atoms with Gasteiger partial charge in [-0.25, -0.2) is 4.90 Å². The van der Waals surface area contributed by atoms with Crippen LogP contribution >= 0.6 is 0 Å². The van der Waals surface area contributed by atoms with Crippen molar-refractivity contribution in [2.24, 2.45) is 0 Å². The fourth-order valence-electron chi connectivity index (χ4n) is 3.78. The predicted octanol–water partition coefficient (Wildman–Crippen LogP) is 3.29. The van der Waals surface area contributed by atoms with Crippen LogP contribution in [0.2, 0.25) is 0 Å². The molecule has 1 aliphatic rings. The van der Waals surface area contributed by atoms with Gasteiger partial charge in [-0.15, -0.1) is 0 Å². The number of rotatable bonds is 7. The van der Waals surface area contributed by atoms with Crippen LogP contribution in [0.4, 0.5) is 5.69 Å². The minimum Gasteiger partial charge on any atom is -0.493 e. The maximum absolute atomic E-state index is 12.4. The summed E-state index contributed by atoms with van der Waals surface area (Å²) >= 11 is 0. The van der Waals surface area contributed by atoms with E-state index < -0.39 is 11.8 Å². The van der Waals surface area contributed by atoms with E-state index in [0.717, 1.165) is 21.4 Å². The number of imide groups is 1. The highest BCUT2D eigenvalue weighted by Crippen LogP contribution is 2.39. The van der Waals surface area contributed by atoms with E-state index in [1.165, 1.54) is 26.4 Å². The molecule has 8 nitrogen and oxygen atoms in total. The zero-order valence-corrected chi connectivity index (χ0v) is 18.2. The number of anilines is 1. The largest absolute Gasteiger partial charge is 0.493 e. The third-order valence-electron chi connectivity index (χ3n) is 5.34. The Kier molecular flexibility index (Phi) is 5.68. The highest BCUT2D eigenvalue weighted by molar-refractivity contribution is 6.28. The number of carbonyl (C=O) groups excluding carboxylic acids is 2. The van der Waals surface area contributed by atoms with E-state index in [4.69, 9.17) is 18.9 Å². The summed E-state index contributed by atoms with van der Waals surface area (Å²) in [5.41, 5.74) is 1.84. The van der Waals surface area contributed by atoms with Crippen molar-refractivity contribution < 1.29 is 28.5 Å². The number of ether oxygens (including phenoxy) is 4. The van der Waals surface area contributed by atoms with E-state index >= 15 is 0 Å². The number of carbonyl (C=O) groups is 2. The van der Waals surface area contributed by atoms with Crippen molar-refractivity contribution in [1.82, 2.24) is 4.98 Å². The first-order valence-electron chi connectivity index (χ1n) is 9.81. The molecule has 0 saturated heterocycles. The van der Waals surface area contributed by atoms with Crippen LogP contribution in [-0.2, 0) is 16.0 Å². The molecule has 0 saturated carbocycles. The molecule has 2 aromatic carbocycles. The second-order valence-electron chi connectivity index (χ2n) is 7.04. The Labute approximate surface area is 185 Å².